The van der Waals surface area contributed by atoms with E-state index in [0.717, 1.165) is 22.0 Å². The van der Waals surface area contributed by atoms with Gasteiger partial charge in [0.25, 0.3) is 5.56 Å². The summed E-state index contributed by atoms with van der Waals surface area (Å²) in [5, 5.41) is 7.55. The van der Waals surface area contributed by atoms with Gasteiger partial charge in [0.2, 0.25) is 5.91 Å². The van der Waals surface area contributed by atoms with Crippen LogP contribution in [0.3, 0.4) is 0 Å². The minimum Gasteiger partial charge on any atom is -0.467 e. The molecule has 0 N–H and O–H groups in total. The lowest BCUT2D eigenvalue weighted by Gasteiger charge is -2.18. The number of benzene rings is 2. The van der Waals surface area contributed by atoms with Crippen LogP contribution in [-0.4, -0.2) is 21.2 Å². The van der Waals surface area contributed by atoms with E-state index in [1.54, 1.807) is 36.9 Å². The molecule has 6 nitrogen and oxygen atoms in total. The van der Waals surface area contributed by atoms with Gasteiger partial charge in [-0.25, -0.2) is 5.01 Å². The lowest BCUT2D eigenvalue weighted by atomic mass is 9.91. The van der Waals surface area contributed by atoms with E-state index in [2.05, 4.69) is 5.10 Å². The summed E-state index contributed by atoms with van der Waals surface area (Å²) in [7, 11) is 1.74. The molecule has 4 aromatic rings. The molecule has 33 heavy (non-hydrogen) atoms. The Hall–Kier alpha value is -3.64. The smallest absolute Gasteiger partial charge is 0.260 e. The van der Waals surface area contributed by atoms with E-state index < -0.39 is 6.04 Å². The third-order valence-corrected chi connectivity index (χ3v) is 6.28. The highest BCUT2D eigenvalue weighted by molar-refractivity contribution is 6.31. The summed E-state index contributed by atoms with van der Waals surface area (Å²) in [5.74, 6) is 0.505. The fourth-order valence-electron chi connectivity index (χ4n) is 4.45. The Kier molecular flexibility index (Phi) is 5.38. The largest absolute Gasteiger partial charge is 0.467 e. The summed E-state index contributed by atoms with van der Waals surface area (Å²) in [6.07, 6.45) is 2.25. The van der Waals surface area contributed by atoms with Crippen LogP contribution in [-0.2, 0) is 11.8 Å². The molecule has 0 saturated carbocycles. The standard InChI is InChI=1S/C26H22ClN3O3/c1-3-23(31)30-21(22-10-7-13-33-22)15-19(28-30)25-24(16-8-5-4-6-9-16)18-14-17(27)11-12-20(18)29(2)26(25)32/h4-14,21H,3,15H2,1-2H3. The molecule has 0 spiro atoms. The molecule has 0 fully saturated rings. The number of carbonyl (C=O) groups is 1. The van der Waals surface area contributed by atoms with Gasteiger partial charge in [-0.2, -0.15) is 5.10 Å². The van der Waals surface area contributed by atoms with Crippen LogP contribution in [0.25, 0.3) is 22.0 Å². The van der Waals surface area contributed by atoms with Crippen molar-refractivity contribution >= 4 is 34.1 Å². The molecule has 2 aromatic heterocycles. The number of carbonyl (C=O) groups excluding carboxylic acids is 1. The van der Waals surface area contributed by atoms with Crippen LogP contribution in [0.5, 0.6) is 0 Å². The van der Waals surface area contributed by atoms with Gasteiger partial charge in [-0.05, 0) is 35.9 Å². The van der Waals surface area contributed by atoms with Crippen LogP contribution >= 0.6 is 11.6 Å². The number of hydrazone groups is 1. The first-order valence-electron chi connectivity index (χ1n) is 10.8. The van der Waals surface area contributed by atoms with Gasteiger partial charge in [0.15, 0.2) is 0 Å². The number of halogens is 1. The normalized spacial score (nSPS) is 15.8. The van der Waals surface area contributed by atoms with E-state index in [0.29, 0.717) is 34.9 Å². The van der Waals surface area contributed by atoms with E-state index in [-0.39, 0.29) is 11.5 Å². The van der Waals surface area contributed by atoms with Gasteiger partial charge >= 0.3 is 0 Å². The van der Waals surface area contributed by atoms with Gasteiger partial charge in [0.05, 0.1) is 23.1 Å². The predicted octanol–water partition coefficient (Wildman–Crippen LogP) is 5.54. The van der Waals surface area contributed by atoms with Crippen molar-refractivity contribution < 1.29 is 9.21 Å². The van der Waals surface area contributed by atoms with Gasteiger partial charge in [-0.3, -0.25) is 9.59 Å². The summed E-state index contributed by atoms with van der Waals surface area (Å²) in [5.41, 5.74) is 3.27. The molecule has 0 radical (unpaired) electrons. The Labute approximate surface area is 195 Å². The van der Waals surface area contributed by atoms with Crippen molar-refractivity contribution in [2.45, 2.75) is 25.8 Å². The highest BCUT2D eigenvalue weighted by Gasteiger charge is 2.36. The number of hydrogen-bond donors (Lipinski definition) is 0. The van der Waals surface area contributed by atoms with Crippen LogP contribution in [0.1, 0.15) is 37.1 Å². The van der Waals surface area contributed by atoms with Gasteiger partial charge in [0, 0.05) is 35.9 Å². The zero-order valence-electron chi connectivity index (χ0n) is 18.3. The summed E-state index contributed by atoms with van der Waals surface area (Å²) >= 11 is 6.37. The average molecular weight is 460 g/mol. The molecule has 0 aliphatic carbocycles. The summed E-state index contributed by atoms with van der Waals surface area (Å²) in [6, 6.07) is 18.4. The fraction of sp³-hybridized carbons (Fsp3) is 0.192. The summed E-state index contributed by atoms with van der Waals surface area (Å²) in [6.45, 7) is 1.79. The molecule has 1 amide bonds. The molecular formula is C26H22ClN3O3. The van der Waals surface area contributed by atoms with Gasteiger partial charge in [-0.15, -0.1) is 0 Å². The van der Waals surface area contributed by atoms with Crippen molar-refractivity contribution in [1.82, 2.24) is 9.58 Å². The number of pyridine rings is 1. The van der Waals surface area contributed by atoms with Crippen molar-refractivity contribution in [2.75, 3.05) is 0 Å². The molecule has 1 aliphatic rings. The van der Waals surface area contributed by atoms with Crippen molar-refractivity contribution in [2.24, 2.45) is 12.1 Å². The molecular weight excluding hydrogens is 438 g/mol. The highest BCUT2D eigenvalue weighted by atomic mass is 35.5. The van der Waals surface area contributed by atoms with Crippen molar-refractivity contribution in [3.8, 4) is 11.1 Å². The minimum atomic E-state index is -0.397. The van der Waals surface area contributed by atoms with Crippen molar-refractivity contribution in [1.29, 1.82) is 0 Å². The number of aryl methyl sites for hydroxylation is 1. The van der Waals surface area contributed by atoms with Gasteiger partial charge in [-0.1, -0.05) is 48.9 Å². The first kappa shape index (κ1) is 21.2. The fourth-order valence-corrected chi connectivity index (χ4v) is 4.62. The SMILES string of the molecule is CCC(=O)N1N=C(c2c(-c3ccccc3)c3cc(Cl)ccc3n(C)c2=O)CC1c1ccco1. The molecule has 1 unspecified atom stereocenters. The zero-order chi connectivity index (χ0) is 23.1. The van der Waals surface area contributed by atoms with Crippen molar-refractivity contribution in [3.63, 3.8) is 0 Å². The van der Waals surface area contributed by atoms with E-state index in [4.69, 9.17) is 16.0 Å². The highest BCUT2D eigenvalue weighted by Crippen LogP contribution is 2.38. The van der Waals surface area contributed by atoms with E-state index >= 15 is 0 Å². The molecule has 166 valence electrons. The molecule has 2 aromatic carbocycles. The van der Waals surface area contributed by atoms with Crippen LogP contribution in [0.15, 0.2) is 81.2 Å². The van der Waals surface area contributed by atoms with Crippen molar-refractivity contribution in [3.05, 3.63) is 93.6 Å². The Bertz CT molecular complexity index is 1440. The Morgan fingerprint density at radius 2 is 1.91 bits per heavy atom. The van der Waals surface area contributed by atoms with Gasteiger partial charge < -0.3 is 8.98 Å². The lowest BCUT2D eigenvalue weighted by Crippen LogP contribution is -2.26. The molecule has 1 aliphatic heterocycles. The number of furan rings is 1. The maximum absolute atomic E-state index is 13.7. The maximum Gasteiger partial charge on any atom is 0.260 e. The van der Waals surface area contributed by atoms with E-state index in [1.165, 1.54) is 5.01 Å². The van der Waals surface area contributed by atoms with Crippen LogP contribution in [0.2, 0.25) is 5.02 Å². The van der Waals surface area contributed by atoms with Crippen LogP contribution < -0.4 is 5.56 Å². The third kappa shape index (κ3) is 3.56. The minimum absolute atomic E-state index is 0.131. The quantitative estimate of drug-likeness (QED) is 0.402. The number of aromatic nitrogens is 1. The molecule has 0 bridgehead atoms. The Morgan fingerprint density at radius 1 is 1.12 bits per heavy atom. The number of rotatable bonds is 4. The number of hydrogen-bond acceptors (Lipinski definition) is 4. The number of nitrogens with zero attached hydrogens (tertiary/aromatic N) is 3. The maximum atomic E-state index is 13.7. The number of amides is 1. The Morgan fingerprint density at radius 3 is 2.61 bits per heavy atom. The van der Waals surface area contributed by atoms with Crippen LogP contribution in [0, 0.1) is 0 Å². The summed E-state index contributed by atoms with van der Waals surface area (Å²) in [4.78, 5) is 26.4. The zero-order valence-corrected chi connectivity index (χ0v) is 19.0. The first-order chi connectivity index (χ1) is 16.0. The van der Waals surface area contributed by atoms with Gasteiger partial charge in [0.1, 0.15) is 11.8 Å². The second-order valence-electron chi connectivity index (χ2n) is 8.02. The monoisotopic (exact) mass is 459 g/mol. The molecule has 7 heteroatoms. The third-order valence-electron chi connectivity index (χ3n) is 6.05. The van der Waals surface area contributed by atoms with E-state index in [1.807, 2.05) is 48.5 Å². The molecule has 0 saturated heterocycles. The second kappa shape index (κ2) is 8.37. The Balaban J connectivity index is 1.80. The molecule has 3 heterocycles. The van der Waals surface area contributed by atoms with Crippen LogP contribution in [0.4, 0.5) is 0 Å². The first-order valence-corrected chi connectivity index (χ1v) is 11.2. The molecule has 1 atom stereocenters. The predicted molar refractivity (Wildman–Crippen MR) is 129 cm³/mol. The number of fused-ring (bicyclic) bond motifs is 1. The summed E-state index contributed by atoms with van der Waals surface area (Å²) < 4.78 is 7.23. The topological polar surface area (TPSA) is 67.8 Å². The second-order valence-corrected chi connectivity index (χ2v) is 8.45. The average Bonchev–Trinajstić information content (AvgIpc) is 3.51. The lowest BCUT2D eigenvalue weighted by molar-refractivity contribution is -0.133. The van der Waals surface area contributed by atoms with E-state index in [9.17, 15) is 9.59 Å². The molecule has 5 rings (SSSR count).